The molecule has 0 spiro atoms. The third-order valence-corrected chi connectivity index (χ3v) is 3.11. The summed E-state index contributed by atoms with van der Waals surface area (Å²) in [6, 6.07) is 11.4. The number of ether oxygens (including phenoxy) is 1. The minimum absolute atomic E-state index is 0.480. The van der Waals surface area contributed by atoms with Crippen LogP contribution in [0.2, 0.25) is 0 Å². The Hall–Kier alpha value is -2.96. The van der Waals surface area contributed by atoms with E-state index in [1.54, 1.807) is 0 Å². The minimum Gasteiger partial charge on any atom is -0.444 e. The van der Waals surface area contributed by atoms with Crippen molar-refractivity contribution < 1.29 is 9.53 Å². The number of carbonyl (C=O) groups is 1. The van der Waals surface area contributed by atoms with Crippen molar-refractivity contribution in [2.24, 2.45) is 0 Å². The molecule has 0 aliphatic carbocycles. The number of hydrogen-bond donors (Lipinski definition) is 2. The molecule has 3 rings (SSSR count). The van der Waals surface area contributed by atoms with E-state index in [-0.39, 0.29) is 0 Å². The van der Waals surface area contributed by atoms with Crippen LogP contribution < -0.4 is 5.32 Å². The van der Waals surface area contributed by atoms with Gasteiger partial charge in [0.15, 0.2) is 0 Å². The maximum Gasteiger partial charge on any atom is 0.412 e. The molecular weight excluding hydrogens is 294 g/mol. The van der Waals surface area contributed by atoms with Crippen molar-refractivity contribution in [2.75, 3.05) is 5.32 Å². The van der Waals surface area contributed by atoms with E-state index in [1.165, 1.54) is 0 Å². The van der Waals surface area contributed by atoms with Crippen LogP contribution in [0.25, 0.3) is 22.2 Å². The third-order valence-electron chi connectivity index (χ3n) is 3.11. The number of amides is 1. The van der Waals surface area contributed by atoms with Crippen LogP contribution in [0.15, 0.2) is 36.4 Å². The second-order valence-corrected chi connectivity index (χ2v) is 6.10. The first kappa shape index (κ1) is 15.0. The van der Waals surface area contributed by atoms with Crippen molar-refractivity contribution in [3.8, 4) is 11.4 Å². The molecule has 2 aromatic carbocycles. The fourth-order valence-corrected chi connectivity index (χ4v) is 2.25. The van der Waals surface area contributed by atoms with E-state index < -0.39 is 11.7 Å². The van der Waals surface area contributed by atoms with Crippen LogP contribution in [-0.4, -0.2) is 32.3 Å². The van der Waals surface area contributed by atoms with E-state index in [9.17, 15) is 4.79 Å². The fourth-order valence-electron chi connectivity index (χ4n) is 2.25. The standard InChI is InChI=1S/C16H17N5O2/c1-16(2,3)23-15(22)17-11-7-8-12-10(9-11)5-4-6-13(12)14-18-20-21-19-14/h4-9H,1-3H3,(H,17,22)(H,18,19,20,21). The van der Waals surface area contributed by atoms with Crippen LogP contribution in [-0.2, 0) is 4.74 Å². The number of H-pyrrole nitrogens is 1. The normalized spacial score (nSPS) is 11.4. The second kappa shape index (κ2) is 5.68. The average Bonchev–Trinajstić information content (AvgIpc) is 2.98. The number of rotatable bonds is 2. The Bertz CT molecular complexity index is 837. The molecule has 0 fully saturated rings. The zero-order valence-corrected chi connectivity index (χ0v) is 13.1. The SMILES string of the molecule is CC(C)(C)OC(=O)Nc1ccc2c(-c3nn[nH]n3)cccc2c1. The van der Waals surface area contributed by atoms with Gasteiger partial charge in [-0.05, 0) is 48.9 Å². The first-order chi connectivity index (χ1) is 10.9. The Morgan fingerprint density at radius 1 is 1.22 bits per heavy atom. The molecule has 0 saturated heterocycles. The lowest BCUT2D eigenvalue weighted by Gasteiger charge is -2.19. The van der Waals surface area contributed by atoms with Gasteiger partial charge in [0.25, 0.3) is 0 Å². The van der Waals surface area contributed by atoms with Gasteiger partial charge in [0, 0.05) is 11.3 Å². The van der Waals surface area contributed by atoms with Crippen molar-refractivity contribution >= 4 is 22.6 Å². The van der Waals surface area contributed by atoms with Gasteiger partial charge in [0.1, 0.15) is 5.60 Å². The van der Waals surface area contributed by atoms with Crippen LogP contribution in [0.4, 0.5) is 10.5 Å². The number of anilines is 1. The topological polar surface area (TPSA) is 92.8 Å². The molecule has 0 aliphatic heterocycles. The highest BCUT2D eigenvalue weighted by Crippen LogP contribution is 2.28. The second-order valence-electron chi connectivity index (χ2n) is 6.10. The summed E-state index contributed by atoms with van der Waals surface area (Å²) in [6.07, 6.45) is -0.480. The lowest BCUT2D eigenvalue weighted by Crippen LogP contribution is -2.27. The average molecular weight is 311 g/mol. The van der Waals surface area contributed by atoms with Gasteiger partial charge >= 0.3 is 6.09 Å². The van der Waals surface area contributed by atoms with Gasteiger partial charge in [-0.1, -0.05) is 24.3 Å². The highest BCUT2D eigenvalue weighted by atomic mass is 16.6. The van der Waals surface area contributed by atoms with E-state index in [1.807, 2.05) is 57.2 Å². The van der Waals surface area contributed by atoms with Crippen LogP contribution >= 0.6 is 0 Å². The summed E-state index contributed by atoms with van der Waals surface area (Å²) in [5, 5.41) is 18.7. The Balaban J connectivity index is 1.90. The molecule has 0 bridgehead atoms. The smallest absolute Gasteiger partial charge is 0.412 e. The quantitative estimate of drug-likeness (QED) is 0.757. The monoisotopic (exact) mass is 311 g/mol. The minimum atomic E-state index is -0.535. The maximum atomic E-state index is 11.9. The number of benzene rings is 2. The molecule has 2 N–H and O–H groups in total. The van der Waals surface area contributed by atoms with Crippen molar-refractivity contribution in [2.45, 2.75) is 26.4 Å². The summed E-state index contributed by atoms with van der Waals surface area (Å²) in [4.78, 5) is 11.9. The molecule has 1 aromatic heterocycles. The number of aromatic nitrogens is 4. The molecule has 7 heteroatoms. The number of aromatic amines is 1. The molecule has 1 amide bonds. The maximum absolute atomic E-state index is 11.9. The fraction of sp³-hybridized carbons (Fsp3) is 0.250. The van der Waals surface area contributed by atoms with E-state index in [2.05, 4.69) is 25.9 Å². The van der Waals surface area contributed by atoms with Crippen LogP contribution in [0.5, 0.6) is 0 Å². The lowest BCUT2D eigenvalue weighted by atomic mass is 10.0. The first-order valence-corrected chi connectivity index (χ1v) is 7.19. The molecular formula is C16H17N5O2. The zero-order chi connectivity index (χ0) is 16.4. The molecule has 0 radical (unpaired) electrons. The van der Waals surface area contributed by atoms with Gasteiger partial charge < -0.3 is 4.74 Å². The summed E-state index contributed by atoms with van der Waals surface area (Å²) in [7, 11) is 0. The number of hydrogen-bond acceptors (Lipinski definition) is 5. The Morgan fingerprint density at radius 2 is 2.04 bits per heavy atom. The van der Waals surface area contributed by atoms with E-state index in [0.29, 0.717) is 11.5 Å². The lowest BCUT2D eigenvalue weighted by molar-refractivity contribution is 0.0636. The summed E-state index contributed by atoms with van der Waals surface area (Å²) in [5.74, 6) is 0.531. The zero-order valence-electron chi connectivity index (χ0n) is 13.1. The largest absolute Gasteiger partial charge is 0.444 e. The number of tetrazole rings is 1. The van der Waals surface area contributed by atoms with Crippen molar-refractivity contribution in [3.05, 3.63) is 36.4 Å². The van der Waals surface area contributed by atoms with Crippen molar-refractivity contribution in [1.82, 2.24) is 20.6 Å². The van der Waals surface area contributed by atoms with E-state index in [4.69, 9.17) is 4.74 Å². The summed E-state index contributed by atoms with van der Waals surface area (Å²) in [6.45, 7) is 5.47. The number of fused-ring (bicyclic) bond motifs is 1. The Labute approximate surface area is 133 Å². The van der Waals surface area contributed by atoms with Gasteiger partial charge in [-0.25, -0.2) is 4.79 Å². The molecule has 118 valence electrons. The van der Waals surface area contributed by atoms with E-state index in [0.717, 1.165) is 16.3 Å². The molecule has 0 aliphatic rings. The number of carbonyl (C=O) groups excluding carboxylic acids is 1. The predicted octanol–water partition coefficient (Wildman–Crippen LogP) is 3.37. The molecule has 1 heterocycles. The van der Waals surface area contributed by atoms with Gasteiger partial charge in [-0.2, -0.15) is 5.21 Å². The van der Waals surface area contributed by atoms with Crippen molar-refractivity contribution in [1.29, 1.82) is 0 Å². The van der Waals surface area contributed by atoms with Gasteiger partial charge in [-0.3, -0.25) is 5.32 Å². The van der Waals surface area contributed by atoms with Gasteiger partial charge in [0.05, 0.1) is 0 Å². The molecule has 23 heavy (non-hydrogen) atoms. The van der Waals surface area contributed by atoms with E-state index >= 15 is 0 Å². The molecule has 0 saturated carbocycles. The third kappa shape index (κ3) is 3.45. The first-order valence-electron chi connectivity index (χ1n) is 7.19. The molecule has 3 aromatic rings. The molecule has 0 atom stereocenters. The summed E-state index contributed by atoms with van der Waals surface area (Å²) in [5.41, 5.74) is 1.00. The van der Waals surface area contributed by atoms with Gasteiger partial charge in [0.2, 0.25) is 5.82 Å². The number of nitrogens with one attached hydrogen (secondary N) is 2. The molecule has 7 nitrogen and oxygen atoms in total. The van der Waals surface area contributed by atoms with Crippen LogP contribution in [0.1, 0.15) is 20.8 Å². The summed E-state index contributed by atoms with van der Waals surface area (Å²) < 4.78 is 5.25. The van der Waals surface area contributed by atoms with Crippen LogP contribution in [0.3, 0.4) is 0 Å². The van der Waals surface area contributed by atoms with Gasteiger partial charge in [-0.15, -0.1) is 10.2 Å². The predicted molar refractivity (Wildman–Crippen MR) is 87.0 cm³/mol. The highest BCUT2D eigenvalue weighted by Gasteiger charge is 2.16. The Morgan fingerprint density at radius 3 is 2.74 bits per heavy atom. The molecule has 0 unspecified atom stereocenters. The van der Waals surface area contributed by atoms with Crippen LogP contribution in [0, 0.1) is 0 Å². The Kier molecular flexibility index (Phi) is 3.69. The highest BCUT2D eigenvalue weighted by molar-refractivity contribution is 5.98. The number of nitrogens with zero attached hydrogens (tertiary/aromatic N) is 3. The summed E-state index contributed by atoms with van der Waals surface area (Å²) >= 11 is 0. The van der Waals surface area contributed by atoms with Crippen molar-refractivity contribution in [3.63, 3.8) is 0 Å².